The van der Waals surface area contributed by atoms with Gasteiger partial charge in [0.25, 0.3) is 0 Å². The van der Waals surface area contributed by atoms with Gasteiger partial charge in [0.05, 0.1) is 0 Å². The van der Waals surface area contributed by atoms with E-state index in [2.05, 4.69) is 48.3 Å². The Balaban J connectivity index is 2.05. The molecule has 0 heterocycles. The van der Waals surface area contributed by atoms with Gasteiger partial charge in [-0.2, -0.15) is 0 Å². The molecular weight excluding hydrogens is 272 g/mol. The van der Waals surface area contributed by atoms with Crippen LogP contribution in [0.1, 0.15) is 37.8 Å². The summed E-state index contributed by atoms with van der Waals surface area (Å²) in [5, 5.41) is 6.69. The van der Waals surface area contributed by atoms with E-state index in [1.165, 1.54) is 11.1 Å². The van der Waals surface area contributed by atoms with Gasteiger partial charge in [0.1, 0.15) is 5.70 Å². The summed E-state index contributed by atoms with van der Waals surface area (Å²) in [6.07, 6.45) is 4.09. The number of nitroso groups, excluding NO2 is 1. The number of allylic oxidation sites excluding steroid dienone is 4. The molecule has 1 aromatic rings. The minimum Gasteiger partial charge on any atom is -0.361 e. The van der Waals surface area contributed by atoms with Crippen LogP contribution in [0.4, 0.5) is 0 Å². The summed E-state index contributed by atoms with van der Waals surface area (Å²) < 4.78 is 0. The highest BCUT2D eigenvalue weighted by Gasteiger charge is 2.58. The summed E-state index contributed by atoms with van der Waals surface area (Å²) in [7, 11) is 0. The highest BCUT2D eigenvalue weighted by Crippen LogP contribution is 2.62. The number of hydrogen-bond acceptors (Lipinski definition) is 3. The SMILES string of the molecule is C=C1C(N=O)=C(N/C(C)=C/C)C2CCC12c1ccc(C)cc1. The highest BCUT2D eigenvalue weighted by atomic mass is 16.3. The molecule has 0 amide bonds. The van der Waals surface area contributed by atoms with Gasteiger partial charge in [-0.05, 0) is 49.9 Å². The van der Waals surface area contributed by atoms with Crippen molar-refractivity contribution in [2.24, 2.45) is 11.1 Å². The fraction of sp³-hybridized carbons (Fsp3) is 0.368. The van der Waals surface area contributed by atoms with Gasteiger partial charge in [-0.3, -0.25) is 0 Å². The van der Waals surface area contributed by atoms with E-state index >= 15 is 0 Å². The molecule has 3 nitrogen and oxygen atoms in total. The summed E-state index contributed by atoms with van der Waals surface area (Å²) >= 11 is 0. The molecule has 1 aromatic carbocycles. The molecule has 2 aliphatic rings. The number of benzene rings is 1. The number of hydrogen-bond donors (Lipinski definition) is 1. The minimum absolute atomic E-state index is 0.146. The molecule has 1 saturated carbocycles. The highest BCUT2D eigenvalue weighted by molar-refractivity contribution is 5.58. The maximum atomic E-state index is 11.4. The van der Waals surface area contributed by atoms with Crippen LogP contribution >= 0.6 is 0 Å². The molecule has 0 aromatic heterocycles. The topological polar surface area (TPSA) is 41.5 Å². The fourth-order valence-electron chi connectivity index (χ4n) is 3.77. The second-order valence-corrected chi connectivity index (χ2v) is 6.36. The van der Waals surface area contributed by atoms with Crippen LogP contribution in [0.5, 0.6) is 0 Å². The van der Waals surface area contributed by atoms with Crippen molar-refractivity contribution in [2.45, 2.75) is 39.0 Å². The lowest BCUT2D eigenvalue weighted by atomic mass is 9.56. The molecule has 0 bridgehead atoms. The Morgan fingerprint density at radius 1 is 1.41 bits per heavy atom. The Labute approximate surface area is 131 Å². The van der Waals surface area contributed by atoms with E-state index < -0.39 is 0 Å². The third kappa shape index (κ3) is 1.88. The van der Waals surface area contributed by atoms with Gasteiger partial charge in [-0.15, -0.1) is 4.91 Å². The van der Waals surface area contributed by atoms with Crippen LogP contribution in [0.25, 0.3) is 0 Å². The Morgan fingerprint density at radius 2 is 2.09 bits per heavy atom. The van der Waals surface area contributed by atoms with Crippen LogP contribution in [0.3, 0.4) is 0 Å². The summed E-state index contributed by atoms with van der Waals surface area (Å²) in [4.78, 5) is 11.4. The van der Waals surface area contributed by atoms with Crippen molar-refractivity contribution in [1.29, 1.82) is 0 Å². The van der Waals surface area contributed by atoms with Gasteiger partial charge < -0.3 is 5.32 Å². The molecule has 1 fully saturated rings. The second-order valence-electron chi connectivity index (χ2n) is 6.36. The van der Waals surface area contributed by atoms with Crippen LogP contribution in [-0.2, 0) is 5.41 Å². The molecule has 2 atom stereocenters. The predicted octanol–water partition coefficient (Wildman–Crippen LogP) is 4.70. The number of rotatable bonds is 4. The Morgan fingerprint density at radius 3 is 2.59 bits per heavy atom. The van der Waals surface area contributed by atoms with Crippen molar-refractivity contribution in [3.8, 4) is 0 Å². The smallest absolute Gasteiger partial charge is 0.131 e. The van der Waals surface area contributed by atoms with E-state index in [0.717, 1.165) is 29.8 Å². The molecule has 3 heteroatoms. The normalized spacial score (nSPS) is 27.5. The number of nitrogens with one attached hydrogen (secondary N) is 1. The lowest BCUT2D eigenvalue weighted by Gasteiger charge is -2.47. The van der Waals surface area contributed by atoms with Crippen molar-refractivity contribution in [1.82, 2.24) is 5.32 Å². The van der Waals surface area contributed by atoms with Crippen molar-refractivity contribution in [2.75, 3.05) is 0 Å². The predicted molar refractivity (Wildman–Crippen MR) is 90.1 cm³/mol. The maximum Gasteiger partial charge on any atom is 0.131 e. The third-order valence-electron chi connectivity index (χ3n) is 5.27. The minimum atomic E-state index is -0.146. The van der Waals surface area contributed by atoms with Crippen molar-refractivity contribution in [3.05, 3.63) is 75.6 Å². The average Bonchev–Trinajstić information content (AvgIpc) is 2.63. The Hall–Kier alpha value is -2.16. The van der Waals surface area contributed by atoms with E-state index in [0.29, 0.717) is 5.70 Å². The van der Waals surface area contributed by atoms with Gasteiger partial charge in [0.2, 0.25) is 0 Å². The molecule has 114 valence electrons. The largest absolute Gasteiger partial charge is 0.361 e. The van der Waals surface area contributed by atoms with Gasteiger partial charge in [0, 0.05) is 22.7 Å². The molecule has 0 saturated heterocycles. The molecule has 3 rings (SSSR count). The zero-order valence-electron chi connectivity index (χ0n) is 13.4. The third-order valence-corrected chi connectivity index (χ3v) is 5.27. The summed E-state index contributed by atoms with van der Waals surface area (Å²) in [5.74, 6) is 0.283. The average molecular weight is 294 g/mol. The molecule has 0 aliphatic heterocycles. The van der Waals surface area contributed by atoms with Crippen LogP contribution in [0.15, 0.2) is 64.8 Å². The van der Waals surface area contributed by atoms with Gasteiger partial charge in [-0.1, -0.05) is 42.5 Å². The van der Waals surface area contributed by atoms with Gasteiger partial charge in [-0.25, -0.2) is 0 Å². The van der Waals surface area contributed by atoms with Crippen LogP contribution in [0.2, 0.25) is 0 Å². The van der Waals surface area contributed by atoms with Crippen LogP contribution in [0, 0.1) is 17.7 Å². The number of aryl methyl sites for hydroxylation is 1. The van der Waals surface area contributed by atoms with Crippen molar-refractivity contribution in [3.63, 3.8) is 0 Å². The lowest BCUT2D eigenvalue weighted by Crippen LogP contribution is -2.44. The first-order valence-electron chi connectivity index (χ1n) is 7.79. The zero-order valence-corrected chi connectivity index (χ0v) is 13.4. The number of nitrogens with zero attached hydrogens (tertiary/aromatic N) is 1. The molecule has 0 radical (unpaired) electrons. The second kappa shape index (κ2) is 5.24. The van der Waals surface area contributed by atoms with E-state index in [9.17, 15) is 4.91 Å². The van der Waals surface area contributed by atoms with Gasteiger partial charge in [0.15, 0.2) is 0 Å². The maximum absolute atomic E-state index is 11.4. The van der Waals surface area contributed by atoms with Crippen LogP contribution < -0.4 is 5.32 Å². The molecular formula is C19H22N2O. The lowest BCUT2D eigenvalue weighted by molar-refractivity contribution is 0.209. The quantitative estimate of drug-likeness (QED) is 0.817. The molecule has 1 N–H and O–H groups in total. The molecule has 0 spiro atoms. The Bertz CT molecular complexity index is 697. The van der Waals surface area contributed by atoms with Crippen molar-refractivity contribution < 1.29 is 0 Å². The molecule has 2 aliphatic carbocycles. The van der Waals surface area contributed by atoms with E-state index in [-0.39, 0.29) is 11.3 Å². The molecule has 22 heavy (non-hydrogen) atoms. The molecule has 2 unspecified atom stereocenters. The van der Waals surface area contributed by atoms with E-state index in [1.807, 2.05) is 19.9 Å². The van der Waals surface area contributed by atoms with Crippen LogP contribution in [-0.4, -0.2) is 0 Å². The summed E-state index contributed by atoms with van der Waals surface area (Å²) in [5.41, 5.74) is 5.71. The van der Waals surface area contributed by atoms with E-state index in [1.54, 1.807) is 0 Å². The van der Waals surface area contributed by atoms with Gasteiger partial charge >= 0.3 is 0 Å². The first-order chi connectivity index (χ1) is 10.5. The monoisotopic (exact) mass is 294 g/mol. The Kier molecular flexibility index (Phi) is 3.51. The summed E-state index contributed by atoms with van der Waals surface area (Å²) in [6, 6.07) is 8.59. The summed E-state index contributed by atoms with van der Waals surface area (Å²) in [6.45, 7) is 10.3. The zero-order chi connectivity index (χ0) is 15.9. The fourth-order valence-corrected chi connectivity index (χ4v) is 3.77. The first kappa shape index (κ1) is 14.8. The van der Waals surface area contributed by atoms with E-state index in [4.69, 9.17) is 0 Å². The van der Waals surface area contributed by atoms with Crippen molar-refractivity contribution >= 4 is 0 Å². The number of fused-ring (bicyclic) bond motifs is 1. The standard InChI is InChI=1S/C19H22N2O/c1-5-13(3)20-18-16-10-11-19(16,14(4)17(18)21-22)15-8-6-12(2)7-9-15/h5-9,16,20H,4,10-11H2,1-3H3/b13-5+. The first-order valence-corrected chi connectivity index (χ1v) is 7.79.